The second kappa shape index (κ2) is 6.23. The summed E-state index contributed by atoms with van der Waals surface area (Å²) in [5.74, 6) is -0.135. The van der Waals surface area contributed by atoms with Crippen LogP contribution in [-0.2, 0) is 16.1 Å². The van der Waals surface area contributed by atoms with Crippen molar-refractivity contribution in [3.63, 3.8) is 0 Å². The van der Waals surface area contributed by atoms with Crippen molar-refractivity contribution < 1.29 is 24.1 Å². The van der Waals surface area contributed by atoms with Gasteiger partial charge in [-0.3, -0.25) is 4.79 Å². The smallest absolute Gasteiger partial charge is 0.325 e. The molecular formula is C12H17NO5. The predicted octanol–water partition coefficient (Wildman–Crippen LogP) is 0.935. The molecule has 100 valence electrons. The summed E-state index contributed by atoms with van der Waals surface area (Å²) in [6.45, 7) is 0.301. The zero-order chi connectivity index (χ0) is 13.7. The van der Waals surface area contributed by atoms with E-state index in [0.29, 0.717) is 29.2 Å². The van der Waals surface area contributed by atoms with E-state index in [1.165, 1.54) is 14.2 Å². The molecule has 1 rings (SSSR count). The Morgan fingerprint density at radius 1 is 1.28 bits per heavy atom. The first kappa shape index (κ1) is 14.3. The van der Waals surface area contributed by atoms with Gasteiger partial charge < -0.3 is 25.1 Å². The molecule has 0 saturated heterocycles. The lowest BCUT2D eigenvalue weighted by molar-refractivity contribution is -0.138. The quantitative estimate of drug-likeness (QED) is 0.786. The Bertz CT molecular complexity index is 407. The van der Waals surface area contributed by atoms with Gasteiger partial charge in [0.15, 0.2) is 0 Å². The fourth-order valence-corrected chi connectivity index (χ4v) is 1.61. The summed E-state index contributed by atoms with van der Waals surface area (Å²) in [6, 6.07) is 2.04. The number of nitrogens with two attached hydrogens (primary N) is 1. The Morgan fingerprint density at radius 2 is 1.78 bits per heavy atom. The van der Waals surface area contributed by atoms with Gasteiger partial charge in [0, 0.05) is 7.11 Å². The zero-order valence-electron chi connectivity index (χ0n) is 10.6. The number of ether oxygens (including phenoxy) is 3. The van der Waals surface area contributed by atoms with Gasteiger partial charge in [-0.15, -0.1) is 0 Å². The van der Waals surface area contributed by atoms with Crippen molar-refractivity contribution in [3.05, 3.63) is 23.3 Å². The third-order valence-corrected chi connectivity index (χ3v) is 2.54. The molecule has 0 aliphatic heterocycles. The molecule has 3 N–H and O–H groups in total. The fourth-order valence-electron chi connectivity index (χ4n) is 1.61. The molecule has 0 saturated carbocycles. The molecule has 0 heterocycles. The number of hydrogen-bond acceptors (Lipinski definition) is 5. The number of hydrogen-bond donors (Lipinski definition) is 2. The van der Waals surface area contributed by atoms with Crippen molar-refractivity contribution in [1.82, 2.24) is 0 Å². The second-order valence-electron chi connectivity index (χ2n) is 3.65. The van der Waals surface area contributed by atoms with Crippen molar-refractivity contribution in [2.75, 3.05) is 21.3 Å². The third-order valence-electron chi connectivity index (χ3n) is 2.54. The predicted molar refractivity (Wildman–Crippen MR) is 64.8 cm³/mol. The van der Waals surface area contributed by atoms with Crippen LogP contribution in [0.2, 0.25) is 0 Å². The van der Waals surface area contributed by atoms with E-state index in [1.54, 1.807) is 19.2 Å². The van der Waals surface area contributed by atoms with Crippen molar-refractivity contribution in [2.24, 2.45) is 5.73 Å². The highest BCUT2D eigenvalue weighted by Crippen LogP contribution is 2.33. The lowest BCUT2D eigenvalue weighted by Crippen LogP contribution is -2.21. The van der Waals surface area contributed by atoms with Crippen molar-refractivity contribution in [2.45, 2.75) is 12.6 Å². The molecule has 0 amide bonds. The summed E-state index contributed by atoms with van der Waals surface area (Å²) in [5.41, 5.74) is 6.69. The van der Waals surface area contributed by atoms with Crippen LogP contribution in [0.1, 0.15) is 17.2 Å². The minimum absolute atomic E-state index is 0.301. The molecule has 1 atom stereocenters. The second-order valence-corrected chi connectivity index (χ2v) is 3.65. The maximum Gasteiger partial charge on any atom is 0.325 e. The molecule has 1 aromatic carbocycles. The monoisotopic (exact) mass is 255 g/mol. The van der Waals surface area contributed by atoms with Gasteiger partial charge >= 0.3 is 5.97 Å². The molecule has 0 bridgehead atoms. The van der Waals surface area contributed by atoms with Gasteiger partial charge in [-0.05, 0) is 17.7 Å². The Kier molecular flexibility index (Phi) is 4.94. The Morgan fingerprint density at radius 3 is 2.11 bits per heavy atom. The van der Waals surface area contributed by atoms with E-state index in [9.17, 15) is 4.79 Å². The average molecular weight is 255 g/mol. The molecule has 1 unspecified atom stereocenters. The molecule has 6 heteroatoms. The van der Waals surface area contributed by atoms with Crippen LogP contribution in [0.15, 0.2) is 12.1 Å². The normalized spacial score (nSPS) is 12.0. The Balaban J connectivity index is 3.29. The first-order valence-corrected chi connectivity index (χ1v) is 5.27. The number of rotatable bonds is 6. The maximum absolute atomic E-state index is 10.9. The van der Waals surface area contributed by atoms with E-state index in [0.717, 1.165) is 0 Å². The van der Waals surface area contributed by atoms with Crippen LogP contribution in [0.5, 0.6) is 11.5 Å². The topological polar surface area (TPSA) is 91.0 Å². The lowest BCUT2D eigenvalue weighted by atomic mass is 10.0. The number of carbonyl (C=O) groups is 1. The first-order valence-electron chi connectivity index (χ1n) is 5.27. The van der Waals surface area contributed by atoms with E-state index in [-0.39, 0.29) is 0 Å². The Hall–Kier alpha value is -1.79. The summed E-state index contributed by atoms with van der Waals surface area (Å²) in [4.78, 5) is 10.9. The number of benzene rings is 1. The van der Waals surface area contributed by atoms with E-state index in [2.05, 4.69) is 0 Å². The van der Waals surface area contributed by atoms with Gasteiger partial charge in [0.2, 0.25) is 0 Å². The number of carboxylic acids is 1. The first-order chi connectivity index (χ1) is 8.54. The van der Waals surface area contributed by atoms with Crippen molar-refractivity contribution in [3.8, 4) is 11.5 Å². The minimum atomic E-state index is -1.12. The van der Waals surface area contributed by atoms with E-state index < -0.39 is 12.0 Å². The molecule has 0 spiro atoms. The van der Waals surface area contributed by atoms with E-state index in [4.69, 9.17) is 25.1 Å². The molecule has 0 fully saturated rings. The molecule has 0 aliphatic rings. The van der Waals surface area contributed by atoms with E-state index >= 15 is 0 Å². The standard InChI is InChI=1S/C12H17NO5/c1-16-6-8-9(17-2)4-7(5-10(8)18-3)11(13)12(14)15/h4-5,11H,6,13H2,1-3H3,(H,14,15). The Labute approximate surface area is 105 Å². The van der Waals surface area contributed by atoms with Gasteiger partial charge in [0.25, 0.3) is 0 Å². The highest BCUT2D eigenvalue weighted by Gasteiger charge is 2.19. The molecule has 1 aromatic rings. The van der Waals surface area contributed by atoms with Crippen LogP contribution in [0.3, 0.4) is 0 Å². The fraction of sp³-hybridized carbons (Fsp3) is 0.417. The summed E-state index contributed by atoms with van der Waals surface area (Å²) in [6.07, 6.45) is 0. The maximum atomic E-state index is 10.9. The van der Waals surface area contributed by atoms with Crippen LogP contribution >= 0.6 is 0 Å². The molecular weight excluding hydrogens is 238 g/mol. The van der Waals surface area contributed by atoms with Gasteiger partial charge in [0.05, 0.1) is 26.4 Å². The van der Waals surface area contributed by atoms with Crippen LogP contribution in [0.4, 0.5) is 0 Å². The highest BCUT2D eigenvalue weighted by molar-refractivity contribution is 5.76. The summed E-state index contributed by atoms with van der Waals surface area (Å²) >= 11 is 0. The van der Waals surface area contributed by atoms with Crippen LogP contribution in [-0.4, -0.2) is 32.4 Å². The molecule has 18 heavy (non-hydrogen) atoms. The SMILES string of the molecule is COCc1c(OC)cc(C(N)C(=O)O)cc1OC. The van der Waals surface area contributed by atoms with Crippen LogP contribution in [0.25, 0.3) is 0 Å². The minimum Gasteiger partial charge on any atom is -0.496 e. The highest BCUT2D eigenvalue weighted by atomic mass is 16.5. The van der Waals surface area contributed by atoms with Crippen molar-refractivity contribution >= 4 is 5.97 Å². The molecule has 0 radical (unpaired) electrons. The molecule has 0 aromatic heterocycles. The van der Waals surface area contributed by atoms with Crippen LogP contribution < -0.4 is 15.2 Å². The van der Waals surface area contributed by atoms with E-state index in [1.807, 2.05) is 0 Å². The number of methoxy groups -OCH3 is 3. The third kappa shape index (κ3) is 2.91. The number of carboxylic acid groups (broad SMARTS) is 1. The van der Waals surface area contributed by atoms with Gasteiger partial charge in [-0.25, -0.2) is 0 Å². The van der Waals surface area contributed by atoms with Crippen LogP contribution in [0, 0.1) is 0 Å². The largest absolute Gasteiger partial charge is 0.496 e. The summed E-state index contributed by atoms with van der Waals surface area (Å²) in [5, 5.41) is 8.90. The number of aliphatic carboxylic acids is 1. The summed E-state index contributed by atoms with van der Waals surface area (Å²) < 4.78 is 15.5. The van der Waals surface area contributed by atoms with Gasteiger partial charge in [0.1, 0.15) is 17.5 Å². The van der Waals surface area contributed by atoms with Gasteiger partial charge in [-0.2, -0.15) is 0 Å². The van der Waals surface area contributed by atoms with Crippen molar-refractivity contribution in [1.29, 1.82) is 0 Å². The molecule has 0 aliphatic carbocycles. The average Bonchev–Trinajstić information content (AvgIpc) is 2.38. The van der Waals surface area contributed by atoms with Gasteiger partial charge in [-0.1, -0.05) is 0 Å². The molecule has 6 nitrogen and oxygen atoms in total. The lowest BCUT2D eigenvalue weighted by Gasteiger charge is -2.16. The summed E-state index contributed by atoms with van der Waals surface area (Å²) in [7, 11) is 4.53. The zero-order valence-corrected chi connectivity index (χ0v) is 10.6.